The lowest BCUT2D eigenvalue weighted by molar-refractivity contribution is -0.118. The predicted molar refractivity (Wildman–Crippen MR) is 87.2 cm³/mol. The van der Waals surface area contributed by atoms with Crippen molar-refractivity contribution in [2.75, 3.05) is 12.3 Å². The Kier molecular flexibility index (Phi) is 5.87. The van der Waals surface area contributed by atoms with Gasteiger partial charge in [-0.1, -0.05) is 54.6 Å². The largest absolute Gasteiger partial charge is 0.342 e. The van der Waals surface area contributed by atoms with E-state index >= 15 is 0 Å². The molecule has 22 heavy (non-hydrogen) atoms. The van der Waals surface area contributed by atoms with E-state index in [9.17, 15) is 9.00 Å². The van der Waals surface area contributed by atoms with Crippen LogP contribution in [0.1, 0.15) is 5.56 Å². The minimum absolute atomic E-state index is 0.0589. The standard InChI is InChI=1S/C17H16N2O2S/c18-10-11-19-17(20)13-22(21)12-15-8-4-5-9-16(15)14-6-2-1-3-7-14/h1-9H,11-13H2,(H,19,20). The molecule has 2 aromatic rings. The first-order chi connectivity index (χ1) is 10.7. The molecule has 4 nitrogen and oxygen atoms in total. The molecule has 1 atom stereocenters. The van der Waals surface area contributed by atoms with Crippen LogP contribution < -0.4 is 5.32 Å². The molecule has 0 aromatic heterocycles. The van der Waals surface area contributed by atoms with Gasteiger partial charge in [0.15, 0.2) is 0 Å². The van der Waals surface area contributed by atoms with Gasteiger partial charge in [0.2, 0.25) is 5.91 Å². The van der Waals surface area contributed by atoms with Gasteiger partial charge in [-0.05, 0) is 16.7 Å². The fourth-order valence-corrected chi connectivity index (χ4v) is 3.20. The lowest BCUT2D eigenvalue weighted by atomic mass is 10.0. The molecule has 0 radical (unpaired) electrons. The number of benzene rings is 2. The molecule has 1 amide bonds. The van der Waals surface area contributed by atoms with E-state index in [1.807, 2.05) is 60.7 Å². The summed E-state index contributed by atoms with van der Waals surface area (Å²) in [6.07, 6.45) is 0. The van der Waals surface area contributed by atoms with Gasteiger partial charge in [0.05, 0.1) is 6.07 Å². The van der Waals surface area contributed by atoms with E-state index in [-0.39, 0.29) is 18.2 Å². The van der Waals surface area contributed by atoms with Crippen LogP contribution in [0.2, 0.25) is 0 Å². The zero-order valence-electron chi connectivity index (χ0n) is 12.0. The third kappa shape index (κ3) is 4.54. The first-order valence-corrected chi connectivity index (χ1v) is 8.31. The van der Waals surface area contributed by atoms with Crippen molar-refractivity contribution >= 4 is 16.7 Å². The van der Waals surface area contributed by atoms with Gasteiger partial charge in [0.25, 0.3) is 0 Å². The summed E-state index contributed by atoms with van der Waals surface area (Å²) in [5.74, 6) is -0.146. The Balaban J connectivity index is 2.09. The molecule has 0 bridgehead atoms. The van der Waals surface area contributed by atoms with E-state index in [0.717, 1.165) is 16.7 Å². The molecule has 2 rings (SSSR count). The molecular weight excluding hydrogens is 296 g/mol. The van der Waals surface area contributed by atoms with E-state index in [1.165, 1.54) is 0 Å². The molecule has 1 N–H and O–H groups in total. The van der Waals surface area contributed by atoms with Crippen LogP contribution in [0, 0.1) is 11.3 Å². The maximum atomic E-state index is 12.1. The third-order valence-electron chi connectivity index (χ3n) is 3.08. The van der Waals surface area contributed by atoms with Gasteiger partial charge >= 0.3 is 0 Å². The highest BCUT2D eigenvalue weighted by atomic mass is 32.2. The van der Waals surface area contributed by atoms with Crippen molar-refractivity contribution in [3.05, 3.63) is 60.2 Å². The van der Waals surface area contributed by atoms with Crippen LogP contribution in [0.25, 0.3) is 11.1 Å². The Hall–Kier alpha value is -2.45. The van der Waals surface area contributed by atoms with Crippen molar-refractivity contribution in [2.45, 2.75) is 5.75 Å². The van der Waals surface area contributed by atoms with Crippen molar-refractivity contribution in [1.29, 1.82) is 5.26 Å². The van der Waals surface area contributed by atoms with Crippen LogP contribution in [0.15, 0.2) is 54.6 Å². The molecule has 0 aliphatic rings. The zero-order chi connectivity index (χ0) is 15.8. The lowest BCUT2D eigenvalue weighted by Gasteiger charge is -2.09. The Morgan fingerprint density at radius 2 is 1.77 bits per heavy atom. The number of hydrogen-bond acceptors (Lipinski definition) is 3. The van der Waals surface area contributed by atoms with Gasteiger partial charge in [-0.3, -0.25) is 9.00 Å². The SMILES string of the molecule is N#CCNC(=O)CS(=O)Cc1ccccc1-c1ccccc1. The second kappa shape index (κ2) is 8.11. The number of carbonyl (C=O) groups excluding carboxylic acids is 1. The van der Waals surface area contributed by atoms with Crippen molar-refractivity contribution in [3.8, 4) is 17.2 Å². The summed E-state index contributed by atoms with van der Waals surface area (Å²) in [6, 6.07) is 19.4. The summed E-state index contributed by atoms with van der Waals surface area (Å²) < 4.78 is 12.1. The molecule has 0 spiro atoms. The van der Waals surface area contributed by atoms with Crippen molar-refractivity contribution in [2.24, 2.45) is 0 Å². The normalized spacial score (nSPS) is 11.4. The Bertz CT molecular complexity index is 708. The van der Waals surface area contributed by atoms with Gasteiger partial charge in [-0.25, -0.2) is 0 Å². The monoisotopic (exact) mass is 312 g/mol. The van der Waals surface area contributed by atoms with Crippen molar-refractivity contribution in [3.63, 3.8) is 0 Å². The first kappa shape index (κ1) is 15.9. The molecule has 1 unspecified atom stereocenters. The van der Waals surface area contributed by atoms with E-state index in [0.29, 0.717) is 5.75 Å². The highest BCUT2D eigenvalue weighted by Crippen LogP contribution is 2.24. The molecule has 0 heterocycles. The smallest absolute Gasteiger partial charge is 0.233 e. The van der Waals surface area contributed by atoms with E-state index in [4.69, 9.17) is 5.26 Å². The Labute approximate surface area is 132 Å². The molecule has 0 aliphatic carbocycles. The number of carbonyl (C=O) groups is 1. The van der Waals surface area contributed by atoms with Crippen LogP contribution >= 0.6 is 0 Å². The minimum Gasteiger partial charge on any atom is -0.342 e. The van der Waals surface area contributed by atoms with E-state index < -0.39 is 10.8 Å². The molecular formula is C17H16N2O2S. The summed E-state index contributed by atoms with van der Waals surface area (Å²) in [5.41, 5.74) is 3.03. The third-order valence-corrected chi connectivity index (χ3v) is 4.29. The fraction of sp³-hybridized carbons (Fsp3) is 0.176. The maximum Gasteiger partial charge on any atom is 0.233 e. The average molecular weight is 312 g/mol. The lowest BCUT2D eigenvalue weighted by Crippen LogP contribution is -2.28. The minimum atomic E-state index is -1.31. The number of nitrogens with one attached hydrogen (secondary N) is 1. The predicted octanol–water partition coefficient (Wildman–Crippen LogP) is 2.24. The number of nitrogens with zero attached hydrogens (tertiary/aromatic N) is 1. The summed E-state index contributed by atoms with van der Waals surface area (Å²) in [7, 11) is -1.31. The van der Waals surface area contributed by atoms with Crippen LogP contribution in [0.3, 0.4) is 0 Å². The van der Waals surface area contributed by atoms with Crippen LogP contribution in [0.5, 0.6) is 0 Å². The number of nitriles is 1. The first-order valence-electron chi connectivity index (χ1n) is 6.82. The molecule has 0 aliphatic heterocycles. The number of rotatable bonds is 6. The molecule has 0 saturated heterocycles. The highest BCUT2D eigenvalue weighted by molar-refractivity contribution is 7.84. The zero-order valence-corrected chi connectivity index (χ0v) is 12.8. The highest BCUT2D eigenvalue weighted by Gasteiger charge is 2.11. The number of hydrogen-bond donors (Lipinski definition) is 1. The quantitative estimate of drug-likeness (QED) is 0.832. The van der Waals surface area contributed by atoms with Crippen molar-refractivity contribution < 1.29 is 9.00 Å². The van der Waals surface area contributed by atoms with E-state index in [1.54, 1.807) is 0 Å². The molecule has 112 valence electrons. The topological polar surface area (TPSA) is 70.0 Å². The van der Waals surface area contributed by atoms with Crippen LogP contribution in [-0.4, -0.2) is 22.4 Å². The van der Waals surface area contributed by atoms with E-state index in [2.05, 4.69) is 5.32 Å². The van der Waals surface area contributed by atoms with Crippen LogP contribution in [-0.2, 0) is 21.3 Å². The van der Waals surface area contributed by atoms with Crippen molar-refractivity contribution in [1.82, 2.24) is 5.32 Å². The summed E-state index contributed by atoms with van der Waals surface area (Å²) in [6.45, 7) is -0.0589. The summed E-state index contributed by atoms with van der Waals surface area (Å²) in [4.78, 5) is 11.5. The number of amides is 1. The second-order valence-corrected chi connectivity index (χ2v) is 6.14. The summed E-state index contributed by atoms with van der Waals surface area (Å²) in [5, 5.41) is 10.8. The van der Waals surface area contributed by atoms with Gasteiger partial charge in [-0.2, -0.15) is 5.26 Å². The molecule has 2 aromatic carbocycles. The maximum absolute atomic E-state index is 12.1. The second-order valence-electron chi connectivity index (χ2n) is 4.69. The van der Waals surface area contributed by atoms with Crippen LogP contribution in [0.4, 0.5) is 0 Å². The summed E-state index contributed by atoms with van der Waals surface area (Å²) >= 11 is 0. The fourth-order valence-electron chi connectivity index (χ4n) is 2.11. The Morgan fingerprint density at radius 1 is 1.09 bits per heavy atom. The molecule has 0 fully saturated rings. The van der Waals surface area contributed by atoms with Gasteiger partial charge in [-0.15, -0.1) is 0 Å². The molecule has 5 heteroatoms. The van der Waals surface area contributed by atoms with Gasteiger partial charge < -0.3 is 5.32 Å². The Morgan fingerprint density at radius 3 is 2.50 bits per heavy atom. The average Bonchev–Trinajstić information content (AvgIpc) is 2.54. The molecule has 0 saturated carbocycles. The van der Waals surface area contributed by atoms with Gasteiger partial charge in [0, 0.05) is 16.6 Å². The van der Waals surface area contributed by atoms with Gasteiger partial charge in [0.1, 0.15) is 12.3 Å².